The van der Waals surface area contributed by atoms with Crippen LogP contribution >= 0.6 is 0 Å². The molecule has 0 atom stereocenters. The second-order valence-electron chi connectivity index (χ2n) is 3.72. The Morgan fingerprint density at radius 2 is 2.11 bits per heavy atom. The zero-order chi connectivity index (χ0) is 13.5. The monoisotopic (exact) mass is 247 g/mol. The highest BCUT2D eigenvalue weighted by Gasteiger charge is 2.11. The van der Waals surface area contributed by atoms with Crippen LogP contribution in [0, 0.1) is 11.3 Å². The van der Waals surface area contributed by atoms with Gasteiger partial charge >= 0.3 is 0 Å². The number of likely N-dealkylation sites (N-methyl/N-ethyl adjacent to an activating group) is 1. The fraction of sp³-hybridized carbons (Fsp3) is 0.385. The maximum atomic E-state index is 11.7. The summed E-state index contributed by atoms with van der Waals surface area (Å²) in [5.41, 5.74) is 6.40. The molecular formula is C13H17N3O2. The number of benzene rings is 1. The van der Waals surface area contributed by atoms with Crippen molar-refractivity contribution in [2.75, 3.05) is 25.4 Å². The molecule has 0 unspecified atom stereocenters. The molecule has 0 bridgehead atoms. The number of nitrogens with zero attached hydrogens (tertiary/aromatic N) is 2. The van der Waals surface area contributed by atoms with E-state index in [9.17, 15) is 4.79 Å². The number of nitriles is 1. The van der Waals surface area contributed by atoms with Gasteiger partial charge in [-0.2, -0.15) is 5.26 Å². The molecule has 96 valence electrons. The summed E-state index contributed by atoms with van der Waals surface area (Å²) < 4.78 is 5.36. The largest absolute Gasteiger partial charge is 0.482 e. The Balaban J connectivity index is 2.70. The number of carbonyl (C=O) groups is 1. The summed E-state index contributed by atoms with van der Waals surface area (Å²) in [5, 5.41) is 8.93. The van der Waals surface area contributed by atoms with E-state index in [2.05, 4.69) is 0 Å². The summed E-state index contributed by atoms with van der Waals surface area (Å²) in [5.74, 6) is 0.285. The van der Waals surface area contributed by atoms with E-state index in [1.807, 2.05) is 19.9 Å². The molecule has 0 saturated heterocycles. The highest BCUT2D eigenvalue weighted by molar-refractivity contribution is 5.77. The summed E-state index contributed by atoms with van der Waals surface area (Å²) >= 11 is 0. The number of nitrogen functional groups attached to an aromatic ring is 1. The van der Waals surface area contributed by atoms with Gasteiger partial charge in [0.1, 0.15) is 11.8 Å². The average Bonchev–Trinajstić information content (AvgIpc) is 2.38. The normalized spacial score (nSPS) is 9.61. The maximum Gasteiger partial charge on any atom is 0.260 e. The lowest BCUT2D eigenvalue weighted by Crippen LogP contribution is -2.34. The first-order valence-corrected chi connectivity index (χ1v) is 5.82. The van der Waals surface area contributed by atoms with E-state index in [1.54, 1.807) is 17.0 Å². The lowest BCUT2D eigenvalue weighted by atomic mass is 10.2. The molecule has 0 saturated carbocycles. The van der Waals surface area contributed by atoms with E-state index in [4.69, 9.17) is 15.7 Å². The molecule has 2 N–H and O–H groups in total. The van der Waals surface area contributed by atoms with Gasteiger partial charge in [0.05, 0.1) is 5.56 Å². The van der Waals surface area contributed by atoms with Gasteiger partial charge in [-0.3, -0.25) is 4.79 Å². The minimum Gasteiger partial charge on any atom is -0.482 e. The van der Waals surface area contributed by atoms with E-state index in [0.717, 1.165) is 0 Å². The average molecular weight is 247 g/mol. The van der Waals surface area contributed by atoms with Gasteiger partial charge in [-0.05, 0) is 32.0 Å². The number of hydrogen-bond acceptors (Lipinski definition) is 4. The van der Waals surface area contributed by atoms with E-state index in [-0.39, 0.29) is 12.5 Å². The number of rotatable bonds is 5. The smallest absolute Gasteiger partial charge is 0.260 e. The molecule has 1 aromatic rings. The van der Waals surface area contributed by atoms with Gasteiger partial charge in [0, 0.05) is 18.8 Å². The van der Waals surface area contributed by atoms with Crippen molar-refractivity contribution in [2.45, 2.75) is 13.8 Å². The SMILES string of the molecule is CCN(CC)C(=O)COc1ccc(N)cc1C#N. The maximum absolute atomic E-state index is 11.7. The molecule has 5 nitrogen and oxygen atoms in total. The molecule has 0 heterocycles. The number of hydrogen-bond donors (Lipinski definition) is 1. The summed E-state index contributed by atoms with van der Waals surface area (Å²) in [6.07, 6.45) is 0. The van der Waals surface area contributed by atoms with E-state index < -0.39 is 0 Å². The Hall–Kier alpha value is -2.22. The Labute approximate surface area is 107 Å². The molecule has 18 heavy (non-hydrogen) atoms. The lowest BCUT2D eigenvalue weighted by molar-refractivity contribution is -0.132. The number of anilines is 1. The van der Waals surface area contributed by atoms with Crippen LogP contribution in [0.1, 0.15) is 19.4 Å². The van der Waals surface area contributed by atoms with Crippen LogP contribution in [-0.2, 0) is 4.79 Å². The van der Waals surface area contributed by atoms with Gasteiger partial charge < -0.3 is 15.4 Å². The minimum absolute atomic E-state index is 0.0692. The molecule has 5 heteroatoms. The third kappa shape index (κ3) is 3.39. The first kappa shape index (κ1) is 13.8. The van der Waals surface area contributed by atoms with Crippen molar-refractivity contribution in [3.63, 3.8) is 0 Å². The van der Waals surface area contributed by atoms with Crippen LogP contribution in [0.25, 0.3) is 0 Å². The number of nitrogens with two attached hydrogens (primary N) is 1. The Bertz CT molecular complexity index is 462. The van der Waals surface area contributed by atoms with Crippen LogP contribution in [0.15, 0.2) is 18.2 Å². The van der Waals surface area contributed by atoms with E-state index in [0.29, 0.717) is 30.1 Å². The van der Waals surface area contributed by atoms with Crippen molar-refractivity contribution in [2.24, 2.45) is 0 Å². The van der Waals surface area contributed by atoms with Gasteiger partial charge in [0.25, 0.3) is 5.91 Å². The topological polar surface area (TPSA) is 79.3 Å². The van der Waals surface area contributed by atoms with Gasteiger partial charge in [0.15, 0.2) is 6.61 Å². The fourth-order valence-electron chi connectivity index (χ4n) is 1.57. The quantitative estimate of drug-likeness (QED) is 0.797. The van der Waals surface area contributed by atoms with Crippen molar-refractivity contribution in [3.8, 4) is 11.8 Å². The van der Waals surface area contributed by atoms with Crippen molar-refractivity contribution in [1.82, 2.24) is 4.90 Å². The van der Waals surface area contributed by atoms with Crippen molar-refractivity contribution in [3.05, 3.63) is 23.8 Å². The predicted molar refractivity (Wildman–Crippen MR) is 69.0 cm³/mol. The number of ether oxygens (including phenoxy) is 1. The summed E-state index contributed by atoms with van der Waals surface area (Å²) in [6, 6.07) is 6.75. The predicted octanol–water partition coefficient (Wildman–Crippen LogP) is 1.39. The molecule has 1 rings (SSSR count). The third-order valence-corrected chi connectivity index (χ3v) is 2.59. The van der Waals surface area contributed by atoms with Gasteiger partial charge in [0.2, 0.25) is 0 Å². The first-order chi connectivity index (χ1) is 8.62. The molecule has 0 fully saturated rings. The molecule has 0 radical (unpaired) electrons. The summed E-state index contributed by atoms with van der Waals surface area (Å²) in [6.45, 7) is 5.04. The van der Waals surface area contributed by atoms with Crippen molar-refractivity contribution >= 4 is 11.6 Å². The van der Waals surface area contributed by atoms with Crippen LogP contribution in [0.2, 0.25) is 0 Å². The van der Waals surface area contributed by atoms with E-state index in [1.165, 1.54) is 6.07 Å². The van der Waals surface area contributed by atoms with Crippen LogP contribution in [0.4, 0.5) is 5.69 Å². The molecule has 0 aliphatic rings. The second-order valence-corrected chi connectivity index (χ2v) is 3.72. The van der Waals surface area contributed by atoms with Crippen LogP contribution in [0.5, 0.6) is 5.75 Å². The number of carbonyl (C=O) groups excluding carboxylic acids is 1. The van der Waals surface area contributed by atoms with E-state index >= 15 is 0 Å². The molecular weight excluding hydrogens is 230 g/mol. The van der Waals surface area contributed by atoms with Crippen molar-refractivity contribution < 1.29 is 9.53 Å². The Kier molecular flexibility index (Phi) is 5.00. The second kappa shape index (κ2) is 6.50. The van der Waals surface area contributed by atoms with Crippen LogP contribution in [-0.4, -0.2) is 30.5 Å². The highest BCUT2D eigenvalue weighted by atomic mass is 16.5. The lowest BCUT2D eigenvalue weighted by Gasteiger charge is -2.18. The third-order valence-electron chi connectivity index (χ3n) is 2.59. The molecule has 1 aromatic carbocycles. The Morgan fingerprint density at radius 3 is 2.67 bits per heavy atom. The molecule has 0 spiro atoms. The zero-order valence-electron chi connectivity index (χ0n) is 10.6. The van der Waals surface area contributed by atoms with Gasteiger partial charge in [-0.25, -0.2) is 0 Å². The van der Waals surface area contributed by atoms with Crippen LogP contribution in [0.3, 0.4) is 0 Å². The molecule has 0 aromatic heterocycles. The van der Waals surface area contributed by atoms with Gasteiger partial charge in [-0.15, -0.1) is 0 Å². The molecule has 1 amide bonds. The molecule has 0 aliphatic heterocycles. The summed E-state index contributed by atoms with van der Waals surface area (Å²) in [4.78, 5) is 13.4. The standard InChI is InChI=1S/C13H17N3O2/c1-3-16(4-2)13(17)9-18-12-6-5-11(15)7-10(12)8-14/h5-7H,3-4,9,15H2,1-2H3. The van der Waals surface area contributed by atoms with Crippen LogP contribution < -0.4 is 10.5 Å². The summed E-state index contributed by atoms with van der Waals surface area (Å²) in [7, 11) is 0. The highest BCUT2D eigenvalue weighted by Crippen LogP contribution is 2.20. The minimum atomic E-state index is -0.0966. The fourth-order valence-corrected chi connectivity index (χ4v) is 1.57. The first-order valence-electron chi connectivity index (χ1n) is 5.82. The molecule has 0 aliphatic carbocycles. The number of amides is 1. The Morgan fingerprint density at radius 1 is 1.44 bits per heavy atom. The zero-order valence-corrected chi connectivity index (χ0v) is 10.6. The van der Waals surface area contributed by atoms with Crippen molar-refractivity contribution in [1.29, 1.82) is 5.26 Å². The van der Waals surface area contributed by atoms with Gasteiger partial charge in [-0.1, -0.05) is 0 Å².